The minimum absolute atomic E-state index is 0.0687. The smallest absolute Gasteiger partial charge is 0.396 e. The Kier molecular flexibility index (Phi) is 52.6. The van der Waals surface area contributed by atoms with Gasteiger partial charge in [0.1, 0.15) is 79.0 Å². The van der Waals surface area contributed by atoms with Crippen molar-refractivity contribution in [1.82, 2.24) is 24.8 Å². The second-order valence-electron chi connectivity index (χ2n) is 31.6. The number of rotatable bonds is 71. The number of aliphatic hydroxyl groups excluding tert-OH is 10. The number of nitrogens with zero attached hydrogens (tertiary/aromatic N) is 4. The van der Waals surface area contributed by atoms with Gasteiger partial charge in [-0.3, -0.25) is 59.2 Å². The van der Waals surface area contributed by atoms with Gasteiger partial charge in [-0.15, -0.1) is 0 Å². The van der Waals surface area contributed by atoms with E-state index in [1.165, 1.54) is 38.0 Å². The summed E-state index contributed by atoms with van der Waals surface area (Å²) in [4.78, 5) is 88.6. The zero-order chi connectivity index (χ0) is 95.0. The lowest BCUT2D eigenvalue weighted by Crippen LogP contribution is -2.64. The third-order valence-corrected chi connectivity index (χ3v) is 27.4. The second-order valence-corrected chi connectivity index (χ2v) is 41.3. The molecular formula is C72H135N5O46P6. The Morgan fingerprint density at radius 2 is 0.884 bits per heavy atom. The molecule has 14 unspecified atom stereocenters. The average Bonchev–Trinajstić information content (AvgIpc) is 1.64. The van der Waals surface area contributed by atoms with Crippen LogP contribution < -0.4 is 5.32 Å². The minimum atomic E-state index is -5.25. The average molecular weight is 1990 g/mol. The number of imidazole rings is 1. The highest BCUT2D eigenvalue weighted by atomic mass is 31.2. The first-order chi connectivity index (χ1) is 61.1. The van der Waals surface area contributed by atoms with E-state index in [-0.39, 0.29) is 85.0 Å². The van der Waals surface area contributed by atoms with Gasteiger partial charge in [0, 0.05) is 64.1 Å². The molecule has 0 bridgehead atoms. The maximum Gasteiger partial charge on any atom is 0.474 e. The lowest BCUT2D eigenvalue weighted by atomic mass is 9.92. The number of aromatic nitrogens is 4. The van der Waals surface area contributed by atoms with Crippen molar-refractivity contribution in [2.45, 2.75) is 242 Å². The van der Waals surface area contributed by atoms with Gasteiger partial charge in [-0.2, -0.15) is 0 Å². The summed E-state index contributed by atoms with van der Waals surface area (Å²) in [5.41, 5.74) is -1.23. The van der Waals surface area contributed by atoms with Gasteiger partial charge in [0.2, 0.25) is 5.91 Å². The summed E-state index contributed by atoms with van der Waals surface area (Å²) >= 11 is 0. The predicted octanol–water partition coefficient (Wildman–Crippen LogP) is 2.22. The molecule has 1 amide bonds. The highest BCUT2D eigenvalue weighted by Gasteiger charge is 2.49. The molecule has 4 aliphatic rings. The molecule has 51 nitrogen and oxygen atoms in total. The molecule has 0 aromatic carbocycles. The molecule has 0 aliphatic carbocycles. The van der Waals surface area contributed by atoms with Crippen molar-refractivity contribution in [3.8, 4) is 0 Å². The monoisotopic (exact) mass is 1990 g/mol. The van der Waals surface area contributed by atoms with Gasteiger partial charge in [0.15, 0.2) is 44.9 Å². The van der Waals surface area contributed by atoms with Gasteiger partial charge in [0.05, 0.1) is 141 Å². The van der Waals surface area contributed by atoms with Crippen molar-refractivity contribution >= 4 is 63.8 Å². The van der Waals surface area contributed by atoms with Crippen molar-refractivity contribution in [1.29, 1.82) is 0 Å². The summed E-state index contributed by atoms with van der Waals surface area (Å²) < 4.78 is 206. The fraction of sp³-hybridized carbons (Fsp3) is 0.917. The molecule has 4 fully saturated rings. The number of fused-ring (bicyclic) bond motifs is 1. The van der Waals surface area contributed by atoms with Crippen LogP contribution >= 0.6 is 46.7 Å². The molecule has 2 aromatic rings. The number of hydrogen-bond acceptors (Lipinski definition) is 43. The first kappa shape index (κ1) is 116. The summed E-state index contributed by atoms with van der Waals surface area (Å²) in [7, 11) is -28.6. The van der Waals surface area contributed by atoms with Crippen LogP contribution in [-0.2, 0) is 139 Å². The third kappa shape index (κ3) is 41.4. The Balaban J connectivity index is 1.04. The van der Waals surface area contributed by atoms with Crippen LogP contribution in [0.15, 0.2) is 12.7 Å². The van der Waals surface area contributed by atoms with Gasteiger partial charge in [0.25, 0.3) is 0 Å². The molecule has 6 rings (SSSR count). The summed E-state index contributed by atoms with van der Waals surface area (Å²) in [6.45, 7) is -1.85. The molecule has 57 heteroatoms. The Hall–Kier alpha value is -2.16. The zero-order valence-corrected chi connectivity index (χ0v) is 78.5. The topological polar surface area (TPSA) is 711 Å². The van der Waals surface area contributed by atoms with Crippen LogP contribution in [0.2, 0.25) is 0 Å². The number of aryl methyl sites for hydroxylation is 1. The minimum Gasteiger partial charge on any atom is -0.396 e. The Morgan fingerprint density at radius 3 is 1.34 bits per heavy atom. The largest absolute Gasteiger partial charge is 0.474 e. The summed E-state index contributed by atoms with van der Waals surface area (Å²) in [5, 5.41) is 103. The van der Waals surface area contributed by atoms with Crippen LogP contribution in [0, 0.1) is 30.1 Å². The first-order valence-electron chi connectivity index (χ1n) is 42.5. The van der Waals surface area contributed by atoms with Crippen LogP contribution in [0.1, 0.15) is 143 Å². The summed E-state index contributed by atoms with van der Waals surface area (Å²) in [5.74, 6) is -2.66. The fourth-order valence-electron chi connectivity index (χ4n) is 13.1. The molecule has 2 aromatic heterocycles. The van der Waals surface area contributed by atoms with Gasteiger partial charge >= 0.3 is 46.7 Å². The molecular weight excluding hydrogens is 1860 g/mol. The maximum atomic E-state index is 13.7. The van der Waals surface area contributed by atoms with Crippen LogP contribution in [0.4, 0.5) is 0 Å². The molecule has 0 saturated carbocycles. The van der Waals surface area contributed by atoms with Gasteiger partial charge in [-0.25, -0.2) is 37.8 Å². The van der Waals surface area contributed by atoms with E-state index >= 15 is 0 Å². The van der Waals surface area contributed by atoms with E-state index in [1.807, 2.05) is 0 Å². The third-order valence-electron chi connectivity index (χ3n) is 20.7. The van der Waals surface area contributed by atoms with Crippen molar-refractivity contribution in [3.63, 3.8) is 0 Å². The van der Waals surface area contributed by atoms with Crippen LogP contribution in [-0.4, -0.2) is 363 Å². The molecule has 129 heavy (non-hydrogen) atoms. The Morgan fingerprint density at radius 1 is 0.473 bits per heavy atom. The molecule has 6 heterocycles. The van der Waals surface area contributed by atoms with Crippen molar-refractivity contribution < 1.29 is 219 Å². The van der Waals surface area contributed by atoms with E-state index < -0.39 is 286 Å². The van der Waals surface area contributed by atoms with Crippen LogP contribution in [0.5, 0.6) is 0 Å². The SMILES string of the molecule is CC(=O)NC1[C@H](OCCCCCCOP(=O)(O)OCCCOCC(COCCCOP(=O)(O)OCCCCCCO[C@@H]2OC(CO)[C@H](O)[C@H](O)C2C)(COCOP(=O)(O)OCCCCCCO[C@@H]2OC(CO)[C@H](O)[C@H](O)C2C)COP(=O)(O)OCOCC(CO)COCOP(=O)(O)O[C@H]2C[C@H](n3cnc4c(C)ncnc43)O[C@@H]2COP(=O)(O)C(C)C)OC(CO)[C@H](O)[C@@H]1O. The molecule has 4 aliphatic heterocycles. The van der Waals surface area contributed by atoms with Crippen LogP contribution in [0.3, 0.4) is 0 Å². The number of ether oxygens (including phenoxy) is 12. The highest BCUT2D eigenvalue weighted by Crippen LogP contribution is 2.53. The van der Waals surface area contributed by atoms with E-state index in [9.17, 15) is 113 Å². The van der Waals surface area contributed by atoms with E-state index in [0.29, 0.717) is 81.1 Å². The predicted molar refractivity (Wildman–Crippen MR) is 441 cm³/mol. The van der Waals surface area contributed by atoms with Crippen molar-refractivity contribution in [2.75, 3.05) is 159 Å². The number of hydrogen-bond donors (Lipinski definition) is 17. The number of carbonyl (C=O) groups excluding carboxylic acids is 1. The number of carbonyl (C=O) groups is 1. The zero-order valence-electron chi connectivity index (χ0n) is 73.2. The standard InChI is InChI=1S/C72H135N5O46P6/c1-48(2)124(89,90)114-38-58-54(31-59(119-58)77-44-75-60-51(5)73-43-74-68(60)77)123-129(99,100)118-46-104-37-53(32-78)36-103-45-116-128(97,98)115-42-72(41-105-47-117-127(95,96)111-28-18-11-8-14-24-107-70-50(4)63(84)65(86)56(34-80)121-70,39-101-21-19-29-112-125(91,92)109-26-16-10-7-13-23-106-69-49(3)62(83)64(85)55(33-79)120-69)40-102-22-20-30-113-126(93,94)110-27-17-12-9-15-25-108-71-61(76-52(6)82)67(88)66(87)57(35-81)122-71/h43-44,48-50,53-59,61-67,69-71,78-81,83-88H,7-42,45-47H2,1-6H3,(H,76,82)(H,89,90)(H,91,92)(H,93,94)(H,95,96)(H,97,98)(H,99,100)/t49?,50?,53?,54-,55?,56?,57?,58+,59+,61?,62+,63+,64-,65-,66-,67+,69+,70+,71+,72?/m0/s1. The second kappa shape index (κ2) is 58.7. The number of phosphoric acid groups is 5. The number of phosphoric ester groups is 5. The number of aliphatic hydroxyl groups is 10. The highest BCUT2D eigenvalue weighted by molar-refractivity contribution is 7.53. The van der Waals surface area contributed by atoms with Gasteiger partial charge < -0.3 is 147 Å². The molecule has 754 valence electrons. The summed E-state index contributed by atoms with van der Waals surface area (Å²) in [6.07, 6.45) is -9.71. The normalized spacial score (nSPS) is 28.8. The van der Waals surface area contributed by atoms with Gasteiger partial charge in [-0.05, 0) is 58.3 Å². The van der Waals surface area contributed by atoms with E-state index in [2.05, 4.69) is 20.3 Å². The first-order valence-corrected chi connectivity index (χ1v) is 51.6. The maximum absolute atomic E-state index is 13.7. The molecule has 0 spiro atoms. The van der Waals surface area contributed by atoms with Gasteiger partial charge in [-0.1, -0.05) is 66.2 Å². The number of amides is 1. The number of unbranched alkanes of at least 4 members (excludes halogenated alkanes) is 9. The van der Waals surface area contributed by atoms with Crippen molar-refractivity contribution in [3.05, 3.63) is 18.3 Å². The Labute approximate surface area is 747 Å². The molecule has 17 N–H and O–H groups in total. The quantitative estimate of drug-likeness (QED) is 0.0256. The van der Waals surface area contributed by atoms with E-state index in [4.69, 9.17) is 107 Å². The van der Waals surface area contributed by atoms with E-state index in [0.717, 1.165) is 0 Å². The van der Waals surface area contributed by atoms with Crippen molar-refractivity contribution in [2.24, 2.45) is 23.2 Å². The number of nitrogens with one attached hydrogen (secondary N) is 1. The molecule has 26 atom stereocenters. The van der Waals surface area contributed by atoms with Crippen LogP contribution in [0.25, 0.3) is 11.2 Å². The fourth-order valence-corrected chi connectivity index (χ4v) is 17.6. The van der Waals surface area contributed by atoms with E-state index in [1.54, 1.807) is 20.8 Å². The lowest BCUT2D eigenvalue weighted by molar-refractivity contribution is -0.282. The Bertz CT molecular complexity index is 3780. The molecule has 0 radical (unpaired) electrons. The molecule has 4 saturated heterocycles. The lowest BCUT2D eigenvalue weighted by Gasteiger charge is -2.42. The summed E-state index contributed by atoms with van der Waals surface area (Å²) in [6, 6.07) is -1.13.